The molecule has 2 N–H and O–H groups in total. The predicted octanol–water partition coefficient (Wildman–Crippen LogP) is 1.77. The van der Waals surface area contributed by atoms with Crippen molar-refractivity contribution in [3.63, 3.8) is 0 Å². The van der Waals surface area contributed by atoms with E-state index >= 15 is 0 Å². The van der Waals surface area contributed by atoms with E-state index in [-0.39, 0.29) is 5.91 Å². The SMILES string of the molecule is COCCNCC(=O)NCc1ccccc1CN1CCC(C)CC1. The summed E-state index contributed by atoms with van der Waals surface area (Å²) < 4.78 is 4.95. The van der Waals surface area contributed by atoms with E-state index in [4.69, 9.17) is 4.74 Å². The van der Waals surface area contributed by atoms with Crippen LogP contribution in [-0.2, 0) is 22.6 Å². The van der Waals surface area contributed by atoms with E-state index in [9.17, 15) is 4.79 Å². The van der Waals surface area contributed by atoms with Gasteiger partial charge in [-0.3, -0.25) is 9.69 Å². The van der Waals surface area contributed by atoms with E-state index in [2.05, 4.69) is 40.7 Å². The van der Waals surface area contributed by atoms with Gasteiger partial charge in [-0.1, -0.05) is 31.2 Å². The standard InChI is InChI=1S/C19H31N3O2/c1-16-7-10-22(11-8-16)15-18-6-4-3-5-17(18)13-21-19(23)14-20-9-12-24-2/h3-6,16,20H,7-15H2,1-2H3,(H,21,23). The molecule has 1 aliphatic rings. The molecule has 1 aromatic rings. The van der Waals surface area contributed by atoms with Gasteiger partial charge in [0.05, 0.1) is 13.2 Å². The van der Waals surface area contributed by atoms with E-state index in [1.165, 1.54) is 37.1 Å². The minimum Gasteiger partial charge on any atom is -0.383 e. The molecular formula is C19H31N3O2. The molecule has 0 unspecified atom stereocenters. The number of nitrogens with one attached hydrogen (secondary N) is 2. The molecule has 2 rings (SSSR count). The summed E-state index contributed by atoms with van der Waals surface area (Å²) in [5, 5.41) is 6.06. The predicted molar refractivity (Wildman–Crippen MR) is 96.7 cm³/mol. The lowest BCUT2D eigenvalue weighted by Crippen LogP contribution is -2.35. The number of hydrogen-bond donors (Lipinski definition) is 2. The highest BCUT2D eigenvalue weighted by Gasteiger charge is 2.16. The second-order valence-electron chi connectivity index (χ2n) is 6.67. The first-order valence-corrected chi connectivity index (χ1v) is 8.94. The van der Waals surface area contributed by atoms with Crippen molar-refractivity contribution in [2.24, 2.45) is 5.92 Å². The molecule has 0 aromatic heterocycles. The summed E-state index contributed by atoms with van der Waals surface area (Å²) in [5.41, 5.74) is 2.53. The van der Waals surface area contributed by atoms with Crippen molar-refractivity contribution >= 4 is 5.91 Å². The largest absolute Gasteiger partial charge is 0.383 e. The summed E-state index contributed by atoms with van der Waals surface area (Å²) >= 11 is 0. The number of amides is 1. The third-order valence-electron chi connectivity index (χ3n) is 4.63. The Kier molecular flexibility index (Phi) is 8.22. The van der Waals surface area contributed by atoms with Gasteiger partial charge in [0.1, 0.15) is 0 Å². The van der Waals surface area contributed by atoms with Gasteiger partial charge in [-0.25, -0.2) is 0 Å². The Morgan fingerprint density at radius 3 is 2.67 bits per heavy atom. The van der Waals surface area contributed by atoms with Gasteiger partial charge in [0.15, 0.2) is 0 Å². The molecule has 0 atom stereocenters. The molecule has 1 amide bonds. The summed E-state index contributed by atoms with van der Waals surface area (Å²) in [4.78, 5) is 14.4. The smallest absolute Gasteiger partial charge is 0.234 e. The molecule has 134 valence electrons. The van der Waals surface area contributed by atoms with E-state index in [1.54, 1.807) is 7.11 Å². The van der Waals surface area contributed by atoms with Crippen molar-refractivity contribution in [1.82, 2.24) is 15.5 Å². The molecule has 5 nitrogen and oxygen atoms in total. The quantitative estimate of drug-likeness (QED) is 0.676. The van der Waals surface area contributed by atoms with Crippen LogP contribution in [0.3, 0.4) is 0 Å². The first-order chi connectivity index (χ1) is 11.7. The van der Waals surface area contributed by atoms with Crippen LogP contribution in [-0.4, -0.2) is 50.7 Å². The fourth-order valence-corrected chi connectivity index (χ4v) is 2.98. The van der Waals surface area contributed by atoms with Gasteiger partial charge in [-0.2, -0.15) is 0 Å². The molecule has 0 saturated carbocycles. The number of benzene rings is 1. The van der Waals surface area contributed by atoms with E-state index in [0.717, 1.165) is 12.5 Å². The van der Waals surface area contributed by atoms with Crippen LogP contribution >= 0.6 is 0 Å². The summed E-state index contributed by atoms with van der Waals surface area (Å²) in [6.45, 7) is 7.88. The van der Waals surface area contributed by atoms with Crippen molar-refractivity contribution in [3.8, 4) is 0 Å². The number of ether oxygens (including phenoxy) is 1. The summed E-state index contributed by atoms with van der Waals surface area (Å²) in [6, 6.07) is 8.41. The zero-order valence-corrected chi connectivity index (χ0v) is 15.0. The van der Waals surface area contributed by atoms with Gasteiger partial charge in [0.25, 0.3) is 0 Å². The summed E-state index contributed by atoms with van der Waals surface area (Å²) in [6.07, 6.45) is 2.57. The molecule has 1 aromatic carbocycles. The number of rotatable bonds is 9. The molecule has 0 aliphatic carbocycles. The van der Waals surface area contributed by atoms with Crippen LogP contribution < -0.4 is 10.6 Å². The van der Waals surface area contributed by atoms with Crippen molar-refractivity contribution in [1.29, 1.82) is 0 Å². The number of methoxy groups -OCH3 is 1. The van der Waals surface area contributed by atoms with Gasteiger partial charge in [0, 0.05) is 26.7 Å². The Bertz CT molecular complexity index is 499. The van der Waals surface area contributed by atoms with Crippen molar-refractivity contribution in [2.45, 2.75) is 32.9 Å². The van der Waals surface area contributed by atoms with E-state index < -0.39 is 0 Å². The lowest BCUT2D eigenvalue weighted by Gasteiger charge is -2.30. The Balaban J connectivity index is 1.79. The monoisotopic (exact) mass is 333 g/mol. The molecule has 0 spiro atoms. The first-order valence-electron chi connectivity index (χ1n) is 8.94. The first kappa shape index (κ1) is 18.9. The Morgan fingerprint density at radius 1 is 1.25 bits per heavy atom. The molecule has 1 aliphatic heterocycles. The molecular weight excluding hydrogens is 302 g/mol. The number of carbonyl (C=O) groups excluding carboxylic acids is 1. The highest BCUT2D eigenvalue weighted by Crippen LogP contribution is 2.19. The van der Waals surface area contributed by atoms with Crippen LogP contribution in [0.15, 0.2) is 24.3 Å². The van der Waals surface area contributed by atoms with Crippen molar-refractivity contribution in [3.05, 3.63) is 35.4 Å². The summed E-state index contributed by atoms with van der Waals surface area (Å²) in [5.74, 6) is 0.870. The van der Waals surface area contributed by atoms with Crippen molar-refractivity contribution < 1.29 is 9.53 Å². The lowest BCUT2D eigenvalue weighted by atomic mass is 9.98. The van der Waals surface area contributed by atoms with Gasteiger partial charge in [-0.05, 0) is 43.0 Å². The molecule has 1 saturated heterocycles. The highest BCUT2D eigenvalue weighted by molar-refractivity contribution is 5.78. The Morgan fingerprint density at radius 2 is 1.96 bits per heavy atom. The third-order valence-corrected chi connectivity index (χ3v) is 4.63. The third kappa shape index (κ3) is 6.59. The van der Waals surface area contributed by atoms with Gasteiger partial charge >= 0.3 is 0 Å². The molecule has 24 heavy (non-hydrogen) atoms. The fourth-order valence-electron chi connectivity index (χ4n) is 2.98. The highest BCUT2D eigenvalue weighted by atomic mass is 16.5. The van der Waals surface area contributed by atoms with Crippen LogP contribution in [0.2, 0.25) is 0 Å². The van der Waals surface area contributed by atoms with Crippen molar-refractivity contribution in [2.75, 3.05) is 39.9 Å². The van der Waals surface area contributed by atoms with E-state index in [0.29, 0.717) is 26.2 Å². The summed E-state index contributed by atoms with van der Waals surface area (Å²) in [7, 11) is 1.65. The van der Waals surface area contributed by atoms with Crippen LogP contribution in [0.4, 0.5) is 0 Å². The topological polar surface area (TPSA) is 53.6 Å². The Labute approximate surface area is 145 Å². The van der Waals surface area contributed by atoms with Crippen LogP contribution in [0.25, 0.3) is 0 Å². The normalized spacial score (nSPS) is 16.2. The molecule has 0 radical (unpaired) electrons. The molecule has 1 fully saturated rings. The average molecular weight is 333 g/mol. The second kappa shape index (κ2) is 10.4. The lowest BCUT2D eigenvalue weighted by molar-refractivity contribution is -0.120. The van der Waals surface area contributed by atoms with Gasteiger partial charge in [0.2, 0.25) is 5.91 Å². The molecule has 1 heterocycles. The van der Waals surface area contributed by atoms with Crippen LogP contribution in [0.5, 0.6) is 0 Å². The number of hydrogen-bond acceptors (Lipinski definition) is 4. The minimum atomic E-state index is 0.0210. The number of carbonyl (C=O) groups is 1. The fraction of sp³-hybridized carbons (Fsp3) is 0.632. The van der Waals surface area contributed by atoms with Gasteiger partial charge in [-0.15, -0.1) is 0 Å². The number of nitrogens with zero attached hydrogens (tertiary/aromatic N) is 1. The maximum absolute atomic E-state index is 11.9. The van der Waals surface area contributed by atoms with E-state index in [1.807, 2.05) is 6.07 Å². The van der Waals surface area contributed by atoms with Gasteiger partial charge < -0.3 is 15.4 Å². The maximum atomic E-state index is 11.9. The number of piperidine rings is 1. The number of likely N-dealkylation sites (tertiary alicyclic amines) is 1. The average Bonchev–Trinajstić information content (AvgIpc) is 2.60. The Hall–Kier alpha value is -1.43. The van der Waals surface area contributed by atoms with Crippen LogP contribution in [0.1, 0.15) is 30.9 Å². The maximum Gasteiger partial charge on any atom is 0.234 e. The minimum absolute atomic E-state index is 0.0210. The zero-order valence-electron chi connectivity index (χ0n) is 15.0. The van der Waals surface area contributed by atoms with Crippen LogP contribution in [0, 0.1) is 5.92 Å². The molecule has 5 heteroatoms. The molecule has 0 bridgehead atoms. The second-order valence-corrected chi connectivity index (χ2v) is 6.67. The zero-order chi connectivity index (χ0) is 17.2.